The zero-order valence-electron chi connectivity index (χ0n) is 16.6. The molecule has 2 heterocycles. The number of carbonyl (C=O) groups is 1. The predicted molar refractivity (Wildman–Crippen MR) is 122 cm³/mol. The summed E-state index contributed by atoms with van der Waals surface area (Å²) in [5.74, 6) is 0.460. The second-order valence-corrected chi connectivity index (χ2v) is 7.82. The van der Waals surface area contributed by atoms with Crippen LogP contribution in [0.3, 0.4) is 0 Å². The van der Waals surface area contributed by atoms with Crippen LogP contribution in [0.2, 0.25) is 5.02 Å². The number of allylic oxidation sites excluding steroid dienone is 1. The Morgan fingerprint density at radius 2 is 1.77 bits per heavy atom. The molecule has 4 aromatic rings. The summed E-state index contributed by atoms with van der Waals surface area (Å²) in [5, 5.41) is 17.5. The zero-order valence-corrected chi connectivity index (χ0v) is 17.4. The molecule has 3 N–H and O–H groups in total. The first kappa shape index (κ1) is 19.2. The van der Waals surface area contributed by atoms with Gasteiger partial charge in [-0.1, -0.05) is 41.9 Å². The summed E-state index contributed by atoms with van der Waals surface area (Å²) >= 11 is 5.97. The monoisotopic (exact) mass is 430 g/mol. The van der Waals surface area contributed by atoms with Crippen molar-refractivity contribution in [2.45, 2.75) is 13.0 Å². The van der Waals surface area contributed by atoms with Crippen LogP contribution in [-0.4, -0.2) is 20.6 Å². The highest BCUT2D eigenvalue weighted by Crippen LogP contribution is 2.42. The molecular formula is C24H19ClN4O2. The molecule has 31 heavy (non-hydrogen) atoms. The van der Waals surface area contributed by atoms with Crippen LogP contribution in [0.1, 0.15) is 18.5 Å². The third-order valence-electron chi connectivity index (χ3n) is 5.41. The van der Waals surface area contributed by atoms with Gasteiger partial charge in [-0.05, 0) is 49.4 Å². The van der Waals surface area contributed by atoms with Crippen LogP contribution in [0.25, 0.3) is 11.0 Å². The van der Waals surface area contributed by atoms with Crippen LogP contribution in [-0.2, 0) is 4.79 Å². The number of carbonyl (C=O) groups excluding carboxylic acids is 1. The van der Waals surface area contributed by atoms with Crippen LogP contribution < -0.4 is 10.6 Å². The fraction of sp³-hybridized carbons (Fsp3) is 0.0833. The van der Waals surface area contributed by atoms with E-state index in [4.69, 9.17) is 11.6 Å². The van der Waals surface area contributed by atoms with Crippen molar-refractivity contribution in [2.24, 2.45) is 0 Å². The maximum absolute atomic E-state index is 13.5. The molecule has 6 nitrogen and oxygen atoms in total. The molecule has 1 aliphatic rings. The van der Waals surface area contributed by atoms with Gasteiger partial charge in [-0.25, -0.2) is 4.98 Å². The number of nitrogens with one attached hydrogen (secondary N) is 2. The van der Waals surface area contributed by atoms with Crippen LogP contribution in [0, 0.1) is 0 Å². The number of hydrogen-bond acceptors (Lipinski definition) is 4. The van der Waals surface area contributed by atoms with Gasteiger partial charge in [0.15, 0.2) is 0 Å². The van der Waals surface area contributed by atoms with E-state index in [0.717, 1.165) is 11.0 Å². The lowest BCUT2D eigenvalue weighted by Gasteiger charge is -2.31. The van der Waals surface area contributed by atoms with Crippen molar-refractivity contribution in [2.75, 3.05) is 10.6 Å². The number of nitrogens with zero attached hydrogens (tertiary/aromatic N) is 2. The van der Waals surface area contributed by atoms with Gasteiger partial charge in [0.05, 0.1) is 22.6 Å². The fourth-order valence-corrected chi connectivity index (χ4v) is 4.13. The number of amides is 1. The summed E-state index contributed by atoms with van der Waals surface area (Å²) in [6, 6.07) is 21.2. The Morgan fingerprint density at radius 3 is 2.55 bits per heavy atom. The van der Waals surface area contributed by atoms with Gasteiger partial charge >= 0.3 is 0 Å². The van der Waals surface area contributed by atoms with E-state index in [1.807, 2.05) is 47.9 Å². The molecule has 1 aromatic heterocycles. The summed E-state index contributed by atoms with van der Waals surface area (Å²) in [5.41, 5.74) is 4.08. The molecule has 0 aliphatic carbocycles. The van der Waals surface area contributed by atoms with Gasteiger partial charge in [0.2, 0.25) is 5.95 Å². The van der Waals surface area contributed by atoms with E-state index in [9.17, 15) is 9.90 Å². The number of fused-ring (bicyclic) bond motifs is 3. The zero-order chi connectivity index (χ0) is 21.5. The highest BCUT2D eigenvalue weighted by molar-refractivity contribution is 6.30. The van der Waals surface area contributed by atoms with Crippen LogP contribution in [0.15, 0.2) is 84.1 Å². The van der Waals surface area contributed by atoms with Crippen molar-refractivity contribution in [3.05, 3.63) is 94.7 Å². The van der Waals surface area contributed by atoms with Crippen molar-refractivity contribution in [3.8, 4) is 5.75 Å². The number of para-hydroxylation sites is 3. The maximum Gasteiger partial charge on any atom is 0.255 e. The quantitative estimate of drug-likeness (QED) is 0.411. The molecule has 7 heteroatoms. The van der Waals surface area contributed by atoms with E-state index in [-0.39, 0.29) is 11.7 Å². The average molecular weight is 431 g/mol. The Kier molecular flexibility index (Phi) is 4.64. The number of anilines is 2. The molecule has 1 atom stereocenters. The number of halogens is 1. The molecule has 1 amide bonds. The van der Waals surface area contributed by atoms with Gasteiger partial charge in [0, 0.05) is 22.0 Å². The first-order valence-electron chi connectivity index (χ1n) is 9.82. The predicted octanol–water partition coefficient (Wildman–Crippen LogP) is 5.32. The normalized spacial score (nSPS) is 15.5. The van der Waals surface area contributed by atoms with Crippen LogP contribution in [0.5, 0.6) is 5.75 Å². The van der Waals surface area contributed by atoms with Crippen LogP contribution >= 0.6 is 11.6 Å². The van der Waals surface area contributed by atoms with E-state index in [2.05, 4.69) is 15.6 Å². The second-order valence-electron chi connectivity index (χ2n) is 7.38. The van der Waals surface area contributed by atoms with Crippen LogP contribution in [0.4, 0.5) is 11.6 Å². The lowest BCUT2D eigenvalue weighted by atomic mass is 9.93. The van der Waals surface area contributed by atoms with Gasteiger partial charge in [-0.15, -0.1) is 0 Å². The molecule has 154 valence electrons. The minimum Gasteiger partial charge on any atom is -0.508 e. The van der Waals surface area contributed by atoms with E-state index >= 15 is 0 Å². The molecular weight excluding hydrogens is 412 g/mol. The maximum atomic E-state index is 13.5. The van der Waals surface area contributed by atoms with Crippen molar-refractivity contribution in [1.82, 2.24) is 9.55 Å². The number of imidazole rings is 1. The van der Waals surface area contributed by atoms with Crippen molar-refractivity contribution in [3.63, 3.8) is 0 Å². The minimum atomic E-state index is -0.558. The molecule has 0 spiro atoms. The largest absolute Gasteiger partial charge is 0.508 e. The number of hydrogen-bond donors (Lipinski definition) is 3. The molecule has 0 saturated heterocycles. The molecule has 0 saturated carbocycles. The highest BCUT2D eigenvalue weighted by Gasteiger charge is 2.35. The van der Waals surface area contributed by atoms with Crippen molar-refractivity contribution < 1.29 is 9.90 Å². The topological polar surface area (TPSA) is 79.2 Å². The second kappa shape index (κ2) is 7.49. The Labute approximate surface area is 183 Å². The third-order valence-corrected chi connectivity index (χ3v) is 5.66. The Morgan fingerprint density at radius 1 is 1.06 bits per heavy atom. The van der Waals surface area contributed by atoms with E-state index < -0.39 is 6.04 Å². The Bertz CT molecular complexity index is 1340. The van der Waals surface area contributed by atoms with E-state index in [0.29, 0.717) is 33.5 Å². The third kappa shape index (κ3) is 3.31. The fourth-order valence-electron chi connectivity index (χ4n) is 4.00. The number of phenolic OH excluding ortho intramolecular Hbond substituents is 1. The SMILES string of the molecule is CC1=C(C(=O)Nc2ccc(Cl)cc2)[C@H](c2ccccc2O)n2c(nc3ccccc32)N1. The summed E-state index contributed by atoms with van der Waals surface area (Å²) in [7, 11) is 0. The first-order chi connectivity index (χ1) is 15.0. The summed E-state index contributed by atoms with van der Waals surface area (Å²) in [6.07, 6.45) is 0. The number of aromatic nitrogens is 2. The number of benzene rings is 3. The van der Waals surface area contributed by atoms with Crippen molar-refractivity contribution in [1.29, 1.82) is 0 Å². The number of phenols is 1. The molecule has 0 radical (unpaired) electrons. The molecule has 1 aliphatic heterocycles. The summed E-state index contributed by atoms with van der Waals surface area (Å²) in [6.45, 7) is 1.84. The molecule has 0 fully saturated rings. The van der Waals surface area contributed by atoms with E-state index in [1.165, 1.54) is 0 Å². The molecule has 5 rings (SSSR count). The molecule has 0 bridgehead atoms. The summed E-state index contributed by atoms with van der Waals surface area (Å²) < 4.78 is 1.95. The average Bonchev–Trinajstić information content (AvgIpc) is 3.12. The number of rotatable bonds is 3. The Hall–Kier alpha value is -3.77. The minimum absolute atomic E-state index is 0.114. The number of aromatic hydroxyl groups is 1. The van der Waals surface area contributed by atoms with Gasteiger partial charge in [-0.3, -0.25) is 9.36 Å². The van der Waals surface area contributed by atoms with Gasteiger partial charge < -0.3 is 15.7 Å². The van der Waals surface area contributed by atoms with Crippen molar-refractivity contribution >= 4 is 40.2 Å². The lowest BCUT2D eigenvalue weighted by Crippen LogP contribution is -2.31. The van der Waals surface area contributed by atoms with Gasteiger partial charge in [0.1, 0.15) is 5.75 Å². The standard InChI is InChI=1S/C24H19ClN4O2/c1-14-21(23(31)27-16-12-10-15(25)11-13-16)22(17-6-2-5-9-20(17)30)29-19-8-4-3-7-18(19)28-24(29)26-14/h2-13,22,30H,1H3,(H,26,28)(H,27,31)/t22-/m0/s1. The lowest BCUT2D eigenvalue weighted by molar-refractivity contribution is -0.113. The summed E-state index contributed by atoms with van der Waals surface area (Å²) in [4.78, 5) is 18.2. The first-order valence-corrected chi connectivity index (χ1v) is 10.2. The molecule has 3 aromatic carbocycles. The van der Waals surface area contributed by atoms with Gasteiger partial charge in [0.25, 0.3) is 5.91 Å². The van der Waals surface area contributed by atoms with Gasteiger partial charge in [-0.2, -0.15) is 0 Å². The molecule has 0 unspecified atom stereocenters. The Balaban J connectivity index is 1.67. The highest BCUT2D eigenvalue weighted by atomic mass is 35.5. The van der Waals surface area contributed by atoms with E-state index in [1.54, 1.807) is 36.4 Å². The smallest absolute Gasteiger partial charge is 0.255 e.